The summed E-state index contributed by atoms with van der Waals surface area (Å²) < 4.78 is 5.01. The maximum absolute atomic E-state index is 11.4. The fourth-order valence-electron chi connectivity index (χ4n) is 1.89. The van der Waals surface area contributed by atoms with Gasteiger partial charge >= 0.3 is 6.09 Å². The first-order valence-electron chi connectivity index (χ1n) is 6.38. The number of hydrogen-bond acceptors (Lipinski definition) is 4. The van der Waals surface area contributed by atoms with Gasteiger partial charge in [0.25, 0.3) is 0 Å². The quantitative estimate of drug-likeness (QED) is 0.569. The van der Waals surface area contributed by atoms with E-state index in [1.54, 1.807) is 0 Å². The number of rotatable bonds is 6. The molecule has 98 valence electrons. The summed E-state index contributed by atoms with van der Waals surface area (Å²) in [7, 11) is 0. The Morgan fingerprint density at radius 1 is 1.47 bits per heavy atom. The number of ether oxygens (including phenoxy) is 1. The fourth-order valence-corrected chi connectivity index (χ4v) is 1.89. The van der Waals surface area contributed by atoms with E-state index in [0.717, 1.165) is 45.1 Å². The van der Waals surface area contributed by atoms with Crippen LogP contribution >= 0.6 is 0 Å². The minimum Gasteiger partial charge on any atom is -0.449 e. The van der Waals surface area contributed by atoms with Crippen LogP contribution in [0.4, 0.5) is 4.79 Å². The van der Waals surface area contributed by atoms with E-state index in [4.69, 9.17) is 4.74 Å². The molecule has 0 spiro atoms. The molecule has 0 aromatic carbocycles. The van der Waals surface area contributed by atoms with Crippen molar-refractivity contribution in [1.82, 2.24) is 10.4 Å². The Kier molecular flexibility index (Phi) is 6.62. The van der Waals surface area contributed by atoms with E-state index in [9.17, 15) is 9.59 Å². The van der Waals surface area contributed by atoms with Gasteiger partial charge in [-0.1, -0.05) is 13.3 Å². The molecule has 0 aromatic rings. The summed E-state index contributed by atoms with van der Waals surface area (Å²) in [5, 5.41) is 1.87. The summed E-state index contributed by atoms with van der Waals surface area (Å²) in [5.41, 5.74) is 2.72. The standard InChI is InChI=1S/C12H22N2O3/c1-2-3-10-17-12(16)13-14-7-4-11(5-8-14)6-9-15/h9,11H,2-8,10H2,1H3,(H,13,16). The molecule has 5 nitrogen and oxygen atoms in total. The van der Waals surface area contributed by atoms with Gasteiger partial charge in [0.15, 0.2) is 0 Å². The Hall–Kier alpha value is -1.10. The molecule has 0 saturated carbocycles. The molecule has 1 saturated heterocycles. The van der Waals surface area contributed by atoms with Crippen LogP contribution in [0, 0.1) is 5.92 Å². The number of aldehydes is 1. The second-order valence-corrected chi connectivity index (χ2v) is 4.43. The second-order valence-electron chi connectivity index (χ2n) is 4.43. The van der Waals surface area contributed by atoms with Crippen LogP contribution in [0.25, 0.3) is 0 Å². The Labute approximate surface area is 102 Å². The average Bonchev–Trinajstić information content (AvgIpc) is 2.32. The van der Waals surface area contributed by atoms with Crippen molar-refractivity contribution in [2.75, 3.05) is 19.7 Å². The third-order valence-corrected chi connectivity index (χ3v) is 3.02. The summed E-state index contributed by atoms with van der Waals surface area (Å²) in [5.74, 6) is 0.474. The Morgan fingerprint density at radius 3 is 2.76 bits per heavy atom. The molecular formula is C12H22N2O3. The normalized spacial score (nSPS) is 17.7. The average molecular weight is 242 g/mol. The SMILES string of the molecule is CCCCOC(=O)NN1CCC(CC=O)CC1. The van der Waals surface area contributed by atoms with Crippen molar-refractivity contribution in [2.45, 2.75) is 39.0 Å². The number of nitrogens with zero attached hydrogens (tertiary/aromatic N) is 1. The summed E-state index contributed by atoms with van der Waals surface area (Å²) in [6.45, 7) is 4.12. The lowest BCUT2D eigenvalue weighted by molar-refractivity contribution is -0.109. The van der Waals surface area contributed by atoms with Crippen molar-refractivity contribution >= 4 is 12.4 Å². The van der Waals surface area contributed by atoms with Gasteiger partial charge in [-0.15, -0.1) is 0 Å². The third-order valence-electron chi connectivity index (χ3n) is 3.02. The number of nitrogens with one attached hydrogen (secondary N) is 1. The van der Waals surface area contributed by atoms with Crippen molar-refractivity contribution in [3.63, 3.8) is 0 Å². The van der Waals surface area contributed by atoms with Gasteiger partial charge in [0.1, 0.15) is 6.29 Å². The van der Waals surface area contributed by atoms with Crippen LogP contribution in [0.1, 0.15) is 39.0 Å². The summed E-state index contributed by atoms with van der Waals surface area (Å²) in [6, 6.07) is 0. The van der Waals surface area contributed by atoms with E-state index in [2.05, 4.69) is 12.3 Å². The molecule has 0 bridgehead atoms. The van der Waals surface area contributed by atoms with Gasteiger partial charge in [0.05, 0.1) is 6.61 Å². The van der Waals surface area contributed by atoms with E-state index in [1.165, 1.54) is 0 Å². The lowest BCUT2D eigenvalue weighted by Crippen LogP contribution is -2.46. The molecule has 0 aliphatic carbocycles. The minimum atomic E-state index is -0.368. The van der Waals surface area contributed by atoms with Crippen molar-refractivity contribution in [2.24, 2.45) is 5.92 Å². The van der Waals surface area contributed by atoms with E-state index in [-0.39, 0.29) is 6.09 Å². The highest BCUT2D eigenvalue weighted by atomic mass is 16.6. The third kappa shape index (κ3) is 5.68. The zero-order valence-electron chi connectivity index (χ0n) is 10.5. The molecule has 1 heterocycles. The van der Waals surface area contributed by atoms with Gasteiger partial charge < -0.3 is 9.53 Å². The van der Waals surface area contributed by atoms with Gasteiger partial charge in [0.2, 0.25) is 0 Å². The predicted octanol–water partition coefficient (Wildman–Crippen LogP) is 1.73. The maximum atomic E-state index is 11.4. The van der Waals surface area contributed by atoms with Crippen LogP contribution in [-0.4, -0.2) is 37.1 Å². The van der Waals surface area contributed by atoms with Crippen molar-refractivity contribution < 1.29 is 14.3 Å². The van der Waals surface area contributed by atoms with Gasteiger partial charge in [-0.25, -0.2) is 9.80 Å². The molecule has 1 N–H and O–H groups in total. The molecule has 0 atom stereocenters. The van der Waals surface area contributed by atoms with Gasteiger partial charge in [-0.3, -0.25) is 5.43 Å². The molecule has 1 amide bonds. The second kappa shape index (κ2) is 8.06. The first-order chi connectivity index (χ1) is 8.26. The molecule has 0 radical (unpaired) electrons. The Balaban J connectivity index is 2.12. The lowest BCUT2D eigenvalue weighted by Gasteiger charge is -2.30. The number of unbranched alkanes of at least 4 members (excludes halogenated alkanes) is 1. The number of hydrazine groups is 1. The smallest absolute Gasteiger partial charge is 0.421 e. The molecule has 0 aromatic heterocycles. The van der Waals surface area contributed by atoms with Crippen LogP contribution in [0.5, 0.6) is 0 Å². The summed E-state index contributed by atoms with van der Waals surface area (Å²) >= 11 is 0. The van der Waals surface area contributed by atoms with Crippen molar-refractivity contribution in [3.8, 4) is 0 Å². The van der Waals surface area contributed by atoms with Gasteiger partial charge in [0, 0.05) is 19.5 Å². The monoisotopic (exact) mass is 242 g/mol. The van der Waals surface area contributed by atoms with E-state index in [0.29, 0.717) is 18.9 Å². The molecule has 1 rings (SSSR count). The van der Waals surface area contributed by atoms with Crippen LogP contribution in [0.2, 0.25) is 0 Å². The topological polar surface area (TPSA) is 58.6 Å². The molecule has 17 heavy (non-hydrogen) atoms. The highest BCUT2D eigenvalue weighted by molar-refractivity contribution is 5.66. The van der Waals surface area contributed by atoms with Crippen molar-refractivity contribution in [3.05, 3.63) is 0 Å². The Morgan fingerprint density at radius 2 is 2.18 bits per heavy atom. The minimum absolute atomic E-state index is 0.368. The van der Waals surface area contributed by atoms with E-state index in [1.807, 2.05) is 5.01 Å². The van der Waals surface area contributed by atoms with Crippen LogP contribution in [0.3, 0.4) is 0 Å². The highest BCUT2D eigenvalue weighted by Gasteiger charge is 2.20. The van der Waals surface area contributed by atoms with Crippen LogP contribution in [-0.2, 0) is 9.53 Å². The number of piperidine rings is 1. The first kappa shape index (κ1) is 14.0. The molecule has 1 aliphatic heterocycles. The van der Waals surface area contributed by atoms with Crippen molar-refractivity contribution in [1.29, 1.82) is 0 Å². The molecule has 1 fully saturated rings. The molecule has 5 heteroatoms. The first-order valence-corrected chi connectivity index (χ1v) is 6.38. The summed E-state index contributed by atoms with van der Waals surface area (Å²) in [4.78, 5) is 21.7. The summed E-state index contributed by atoms with van der Waals surface area (Å²) in [6.07, 6.45) is 5.06. The lowest BCUT2D eigenvalue weighted by atomic mass is 9.95. The fraction of sp³-hybridized carbons (Fsp3) is 0.833. The van der Waals surface area contributed by atoms with E-state index < -0.39 is 0 Å². The predicted molar refractivity (Wildman–Crippen MR) is 64.4 cm³/mol. The number of carbonyl (C=O) groups is 2. The van der Waals surface area contributed by atoms with Crippen LogP contribution in [0.15, 0.2) is 0 Å². The maximum Gasteiger partial charge on any atom is 0.421 e. The van der Waals surface area contributed by atoms with Gasteiger partial charge in [-0.2, -0.15) is 0 Å². The number of carbonyl (C=O) groups excluding carboxylic acids is 2. The van der Waals surface area contributed by atoms with Gasteiger partial charge in [-0.05, 0) is 25.2 Å². The number of hydrogen-bond donors (Lipinski definition) is 1. The molecular weight excluding hydrogens is 220 g/mol. The van der Waals surface area contributed by atoms with Crippen LogP contribution < -0.4 is 5.43 Å². The molecule has 0 unspecified atom stereocenters. The Bertz CT molecular complexity index is 238. The van der Waals surface area contributed by atoms with E-state index >= 15 is 0 Å². The number of amides is 1. The zero-order valence-corrected chi connectivity index (χ0v) is 10.5. The largest absolute Gasteiger partial charge is 0.449 e. The highest BCUT2D eigenvalue weighted by Crippen LogP contribution is 2.17. The molecule has 1 aliphatic rings. The zero-order chi connectivity index (χ0) is 12.5.